The van der Waals surface area contributed by atoms with Gasteiger partial charge in [0.2, 0.25) is 15.9 Å². The molecule has 0 aliphatic heterocycles. The molecule has 0 spiro atoms. The van der Waals surface area contributed by atoms with Crippen LogP contribution < -0.4 is 10.6 Å². The highest BCUT2D eigenvalue weighted by molar-refractivity contribution is 7.89. The van der Waals surface area contributed by atoms with Gasteiger partial charge in [0.1, 0.15) is 6.61 Å². The number of rotatable bonds is 5. The third-order valence-corrected chi connectivity index (χ3v) is 2.60. The molecule has 0 atom stereocenters. The second kappa shape index (κ2) is 4.39. The number of hydrogen-bond acceptors (Lipinski definition) is 4. The maximum atomic E-state index is 10.9. The summed E-state index contributed by atoms with van der Waals surface area (Å²) in [5.41, 5.74) is 4.70. The number of nitrogens with one attached hydrogen (secondary N) is 1. The molecule has 0 aromatic carbocycles. The Bertz CT molecular complexity index is 246. The molecule has 0 fully saturated rings. The smallest absolute Gasteiger partial charge is 0.245 e. The molecular weight excluding hydrogens is 184 g/mol. The van der Waals surface area contributed by atoms with Gasteiger partial charge in [-0.2, -0.15) is 0 Å². The number of carbonyl (C=O) groups excluding carboxylic acids is 1. The zero-order chi connectivity index (χ0) is 9.78. The molecule has 0 heterocycles. The lowest BCUT2D eigenvalue weighted by molar-refractivity contribution is -0.123. The summed E-state index contributed by atoms with van der Waals surface area (Å²) in [5, 5.41) is -0.606. The van der Waals surface area contributed by atoms with Gasteiger partial charge in [0.15, 0.2) is 0 Å². The summed E-state index contributed by atoms with van der Waals surface area (Å²) in [5.74, 6) is -0.735. The summed E-state index contributed by atoms with van der Waals surface area (Å²) in [4.78, 5) is 16.2. The number of nitrogens with two attached hydrogens (primary N) is 1. The molecule has 0 rings (SSSR count). The minimum atomic E-state index is -3.47. The van der Waals surface area contributed by atoms with Gasteiger partial charge in [0.05, 0.1) is 5.25 Å². The van der Waals surface area contributed by atoms with Gasteiger partial charge < -0.3 is 5.73 Å². The van der Waals surface area contributed by atoms with Gasteiger partial charge in [-0.3, -0.25) is 9.63 Å². The van der Waals surface area contributed by atoms with E-state index in [2.05, 4.69) is 4.84 Å². The second-order valence-electron chi connectivity index (χ2n) is 2.43. The number of hydrogen-bond donors (Lipinski definition) is 2. The molecule has 1 amide bonds. The average Bonchev–Trinajstić information content (AvgIpc) is 1.85. The molecule has 0 unspecified atom stereocenters. The van der Waals surface area contributed by atoms with Crippen molar-refractivity contribution in [3.05, 3.63) is 0 Å². The Morgan fingerprint density at radius 1 is 1.58 bits per heavy atom. The topological polar surface area (TPSA) is 98.5 Å². The van der Waals surface area contributed by atoms with E-state index < -0.39 is 27.8 Å². The number of amides is 1. The largest absolute Gasteiger partial charge is 0.368 e. The molecule has 0 aromatic heterocycles. The first kappa shape index (κ1) is 11.3. The van der Waals surface area contributed by atoms with Crippen molar-refractivity contribution in [2.24, 2.45) is 5.73 Å². The molecule has 7 heteroatoms. The minimum Gasteiger partial charge on any atom is -0.368 e. The van der Waals surface area contributed by atoms with E-state index in [0.717, 1.165) is 0 Å². The first-order valence-electron chi connectivity index (χ1n) is 3.27. The fourth-order valence-corrected chi connectivity index (χ4v) is 0.695. The van der Waals surface area contributed by atoms with Crippen LogP contribution in [-0.4, -0.2) is 26.2 Å². The standard InChI is InChI=1S/C5H12N2O4S/c1-4(2)12(9,10)7-11-3-5(6)8/h4,7H,3H2,1-2H3,(H2,6,8). The fraction of sp³-hybridized carbons (Fsp3) is 0.800. The molecule has 0 saturated heterocycles. The van der Waals surface area contributed by atoms with Gasteiger partial charge in [-0.15, -0.1) is 0 Å². The van der Waals surface area contributed by atoms with Gasteiger partial charge in [-0.25, -0.2) is 8.42 Å². The first-order valence-corrected chi connectivity index (χ1v) is 4.81. The highest BCUT2D eigenvalue weighted by Crippen LogP contribution is 1.94. The maximum absolute atomic E-state index is 10.9. The second-order valence-corrected chi connectivity index (χ2v) is 4.63. The van der Waals surface area contributed by atoms with Gasteiger partial charge in [0, 0.05) is 0 Å². The van der Waals surface area contributed by atoms with E-state index >= 15 is 0 Å². The first-order chi connectivity index (χ1) is 5.36. The predicted octanol–water partition coefficient (Wildman–Crippen LogP) is -1.27. The zero-order valence-electron chi connectivity index (χ0n) is 6.90. The van der Waals surface area contributed by atoms with Crippen LogP contribution in [0.15, 0.2) is 0 Å². The van der Waals surface area contributed by atoms with Gasteiger partial charge in [-0.05, 0) is 13.8 Å². The van der Waals surface area contributed by atoms with E-state index in [1.54, 1.807) is 4.89 Å². The summed E-state index contributed by atoms with van der Waals surface area (Å²) in [6.07, 6.45) is 0. The quantitative estimate of drug-likeness (QED) is 0.535. The van der Waals surface area contributed by atoms with Crippen molar-refractivity contribution in [3.63, 3.8) is 0 Å². The SMILES string of the molecule is CC(C)S(=O)(=O)NOCC(N)=O. The van der Waals surface area contributed by atoms with Crippen LogP contribution in [0.25, 0.3) is 0 Å². The van der Waals surface area contributed by atoms with Crippen molar-refractivity contribution in [1.29, 1.82) is 0 Å². The Labute approximate surface area is 71.1 Å². The summed E-state index contributed by atoms with van der Waals surface area (Å²) in [6.45, 7) is 2.50. The molecule has 0 aliphatic rings. The molecule has 0 aromatic rings. The van der Waals surface area contributed by atoms with Crippen LogP contribution in [0.1, 0.15) is 13.8 Å². The van der Waals surface area contributed by atoms with Crippen molar-refractivity contribution in [2.45, 2.75) is 19.1 Å². The van der Waals surface area contributed by atoms with Crippen LogP contribution in [0.3, 0.4) is 0 Å². The molecule has 6 nitrogen and oxygen atoms in total. The monoisotopic (exact) mass is 196 g/mol. The van der Waals surface area contributed by atoms with Crippen molar-refractivity contribution in [1.82, 2.24) is 4.89 Å². The van der Waals surface area contributed by atoms with Crippen LogP contribution in [-0.2, 0) is 19.7 Å². The molecular formula is C5H12N2O4S. The van der Waals surface area contributed by atoms with Crippen LogP contribution in [0.5, 0.6) is 0 Å². The average molecular weight is 196 g/mol. The Kier molecular flexibility index (Phi) is 4.15. The van der Waals surface area contributed by atoms with E-state index in [1.807, 2.05) is 0 Å². The summed E-state index contributed by atoms with van der Waals surface area (Å²) >= 11 is 0. The maximum Gasteiger partial charge on any atom is 0.245 e. The van der Waals surface area contributed by atoms with Crippen LogP contribution in [0, 0.1) is 0 Å². The molecule has 0 aliphatic carbocycles. The van der Waals surface area contributed by atoms with Crippen LogP contribution in [0.2, 0.25) is 0 Å². The van der Waals surface area contributed by atoms with Crippen molar-refractivity contribution < 1.29 is 18.0 Å². The fourth-order valence-electron chi connectivity index (χ4n) is 0.279. The van der Waals surface area contributed by atoms with Gasteiger partial charge in [0.25, 0.3) is 0 Å². The highest BCUT2D eigenvalue weighted by Gasteiger charge is 2.15. The molecule has 0 radical (unpaired) electrons. The lowest BCUT2D eigenvalue weighted by Crippen LogP contribution is -2.33. The molecule has 0 saturated carbocycles. The van der Waals surface area contributed by atoms with E-state index in [-0.39, 0.29) is 0 Å². The number of sulfonamides is 1. The molecule has 12 heavy (non-hydrogen) atoms. The third-order valence-electron chi connectivity index (χ3n) is 1.01. The molecule has 72 valence electrons. The Morgan fingerprint density at radius 3 is 2.42 bits per heavy atom. The van der Waals surface area contributed by atoms with E-state index in [4.69, 9.17) is 5.73 Å². The predicted molar refractivity (Wildman–Crippen MR) is 42.3 cm³/mol. The number of carbonyl (C=O) groups is 1. The van der Waals surface area contributed by atoms with Crippen molar-refractivity contribution in [2.75, 3.05) is 6.61 Å². The van der Waals surface area contributed by atoms with Crippen LogP contribution >= 0.6 is 0 Å². The Balaban J connectivity index is 3.86. The highest BCUT2D eigenvalue weighted by atomic mass is 32.2. The van der Waals surface area contributed by atoms with Crippen molar-refractivity contribution in [3.8, 4) is 0 Å². The van der Waals surface area contributed by atoms with Crippen LogP contribution in [0.4, 0.5) is 0 Å². The van der Waals surface area contributed by atoms with E-state index in [9.17, 15) is 13.2 Å². The van der Waals surface area contributed by atoms with E-state index in [1.165, 1.54) is 13.8 Å². The summed E-state index contributed by atoms with van der Waals surface area (Å²) < 4.78 is 21.8. The summed E-state index contributed by atoms with van der Waals surface area (Å²) in [6, 6.07) is 0. The Morgan fingerprint density at radius 2 is 2.08 bits per heavy atom. The molecule has 3 N–H and O–H groups in total. The van der Waals surface area contributed by atoms with Crippen molar-refractivity contribution >= 4 is 15.9 Å². The summed E-state index contributed by atoms with van der Waals surface area (Å²) in [7, 11) is -3.47. The van der Waals surface area contributed by atoms with Gasteiger partial charge >= 0.3 is 0 Å². The normalized spacial score (nSPS) is 11.9. The molecule has 0 bridgehead atoms. The third kappa shape index (κ3) is 4.27. The lowest BCUT2D eigenvalue weighted by atomic mass is 10.6. The van der Waals surface area contributed by atoms with Gasteiger partial charge in [-0.1, -0.05) is 4.89 Å². The zero-order valence-corrected chi connectivity index (χ0v) is 7.72. The van der Waals surface area contributed by atoms with E-state index in [0.29, 0.717) is 0 Å². The minimum absolute atomic E-state index is 0.466. The Hall–Kier alpha value is -0.660. The number of primary amides is 1. The lowest BCUT2D eigenvalue weighted by Gasteiger charge is -2.07.